The molecule has 5 aliphatic carbocycles. The van der Waals surface area contributed by atoms with E-state index in [4.69, 9.17) is 19.3 Å². The molecule has 56 heavy (non-hydrogen) atoms. The van der Waals surface area contributed by atoms with Gasteiger partial charge in [0.25, 0.3) is 0 Å². The highest BCUT2D eigenvalue weighted by Gasteiger charge is 2.73. The average Bonchev–Trinajstić information content (AvgIpc) is 3.62. The van der Waals surface area contributed by atoms with Crippen molar-refractivity contribution in [2.45, 2.75) is 112 Å². The number of hydrogen-bond donors (Lipinski definition) is 4. The van der Waals surface area contributed by atoms with Crippen LogP contribution in [0.3, 0.4) is 0 Å². The summed E-state index contributed by atoms with van der Waals surface area (Å²) in [5.74, 6) is -3.52. The van der Waals surface area contributed by atoms with E-state index in [9.17, 15) is 29.4 Å². The lowest BCUT2D eigenvalue weighted by Gasteiger charge is -2.72. The molecule has 5 fully saturated rings. The van der Waals surface area contributed by atoms with Gasteiger partial charge in [0, 0.05) is 46.7 Å². The quantitative estimate of drug-likeness (QED) is 0.0876. The Morgan fingerprint density at radius 3 is 2.29 bits per heavy atom. The third-order valence-corrected chi connectivity index (χ3v) is 16.1. The Labute approximate surface area is 329 Å². The summed E-state index contributed by atoms with van der Waals surface area (Å²) < 4.78 is 19.2. The maximum Gasteiger partial charge on any atom is 0.330 e. The average molecular weight is 774 g/mol. The molecule has 11 heteroatoms. The van der Waals surface area contributed by atoms with Gasteiger partial charge in [0.05, 0.1) is 18.6 Å². The molecular formula is C45H59NO10. The number of carboxylic acids is 2. The van der Waals surface area contributed by atoms with Crippen molar-refractivity contribution in [3.63, 3.8) is 0 Å². The number of hydrogen-bond acceptors (Lipinski definition) is 8. The zero-order chi connectivity index (χ0) is 40.5. The Hall–Kier alpha value is -3.96. The predicted molar refractivity (Wildman–Crippen MR) is 209 cm³/mol. The number of nitrogens with one attached hydrogen (secondary N) is 1. The van der Waals surface area contributed by atoms with Crippen LogP contribution in [0.4, 0.5) is 5.69 Å². The number of carbonyl (C=O) groups is 4. The van der Waals surface area contributed by atoms with Crippen molar-refractivity contribution in [1.82, 2.24) is 0 Å². The van der Waals surface area contributed by atoms with Crippen LogP contribution < -0.4 is 5.32 Å². The number of aromatic hydroxyl groups is 1. The minimum Gasteiger partial charge on any atom is -0.508 e. The van der Waals surface area contributed by atoms with Crippen LogP contribution in [0.1, 0.15) is 111 Å². The number of ether oxygens (including phenoxy) is 3. The van der Waals surface area contributed by atoms with Crippen molar-refractivity contribution >= 4 is 35.6 Å². The molecule has 1 saturated heterocycles. The normalized spacial score (nSPS) is 36.5. The van der Waals surface area contributed by atoms with Gasteiger partial charge in [0.1, 0.15) is 12.4 Å². The number of esters is 1. The molecule has 1 spiro atoms. The number of fused-ring (bicyclic) bond motifs is 7. The summed E-state index contributed by atoms with van der Waals surface area (Å²) in [5.41, 5.74) is -0.271. The first kappa shape index (κ1) is 40.2. The summed E-state index contributed by atoms with van der Waals surface area (Å²) in [4.78, 5) is 50.4. The van der Waals surface area contributed by atoms with Gasteiger partial charge in [-0.05, 0) is 116 Å². The van der Waals surface area contributed by atoms with Gasteiger partial charge in [-0.1, -0.05) is 53.2 Å². The highest BCUT2D eigenvalue weighted by atomic mass is 16.7. The predicted octanol–water partition coefficient (Wildman–Crippen LogP) is 8.14. The number of anilines is 1. The fourth-order valence-corrected chi connectivity index (χ4v) is 13.2. The molecule has 1 aromatic carbocycles. The third-order valence-electron chi connectivity index (χ3n) is 16.1. The van der Waals surface area contributed by atoms with Gasteiger partial charge < -0.3 is 34.8 Å². The molecule has 1 amide bonds. The smallest absolute Gasteiger partial charge is 0.330 e. The summed E-state index contributed by atoms with van der Waals surface area (Å²) in [5, 5.41) is 32.7. The number of phenolic OH excluding ortho intramolecular Hbond substituents is 1. The van der Waals surface area contributed by atoms with Gasteiger partial charge >= 0.3 is 17.9 Å². The lowest BCUT2D eigenvalue weighted by molar-refractivity contribution is -0.308. The number of amides is 1. The topological polar surface area (TPSA) is 169 Å². The molecule has 3 unspecified atom stereocenters. The Kier molecular flexibility index (Phi) is 9.96. The van der Waals surface area contributed by atoms with Gasteiger partial charge in [0.15, 0.2) is 5.79 Å². The van der Waals surface area contributed by atoms with E-state index in [1.807, 2.05) is 0 Å². The molecule has 1 heterocycles. The van der Waals surface area contributed by atoms with Crippen molar-refractivity contribution in [1.29, 1.82) is 0 Å². The number of allylic oxidation sites excluding steroid dienone is 1. The number of aliphatic carboxylic acids is 2. The van der Waals surface area contributed by atoms with Crippen LogP contribution in [0.2, 0.25) is 0 Å². The monoisotopic (exact) mass is 773 g/mol. The van der Waals surface area contributed by atoms with Crippen molar-refractivity contribution < 1.29 is 48.7 Å². The minimum atomic E-state index is -1.27. The van der Waals surface area contributed by atoms with Crippen LogP contribution in [-0.4, -0.2) is 64.7 Å². The Morgan fingerprint density at radius 1 is 0.875 bits per heavy atom. The van der Waals surface area contributed by atoms with E-state index in [1.54, 1.807) is 0 Å². The Bertz CT molecular complexity index is 1890. The van der Waals surface area contributed by atoms with Gasteiger partial charge in [0.2, 0.25) is 5.91 Å². The van der Waals surface area contributed by atoms with E-state index < -0.39 is 40.4 Å². The van der Waals surface area contributed by atoms with Gasteiger partial charge in [-0.15, -0.1) is 0 Å². The molecule has 0 radical (unpaired) electrons. The molecule has 0 bridgehead atoms. The first-order chi connectivity index (χ1) is 26.2. The molecule has 304 valence electrons. The van der Waals surface area contributed by atoms with Crippen molar-refractivity contribution in [2.24, 2.45) is 50.2 Å². The third kappa shape index (κ3) is 6.22. The Balaban J connectivity index is 1.23. The van der Waals surface area contributed by atoms with Crippen molar-refractivity contribution in [3.8, 4) is 5.75 Å². The van der Waals surface area contributed by atoms with Crippen molar-refractivity contribution in [3.05, 3.63) is 53.6 Å². The largest absolute Gasteiger partial charge is 0.508 e. The second-order valence-corrected chi connectivity index (χ2v) is 19.5. The highest BCUT2D eigenvalue weighted by molar-refractivity contribution is 6.03. The number of phenols is 1. The first-order valence-electron chi connectivity index (χ1n) is 20.4. The van der Waals surface area contributed by atoms with E-state index in [1.165, 1.54) is 30.4 Å². The van der Waals surface area contributed by atoms with Crippen LogP contribution in [0.15, 0.2) is 48.1 Å². The molecule has 1 aliphatic heterocycles. The molecule has 7 rings (SSSR count). The maximum atomic E-state index is 13.8. The van der Waals surface area contributed by atoms with Gasteiger partial charge in [-0.2, -0.15) is 0 Å². The number of carbonyl (C=O) groups excluding carboxylic acids is 2. The lowest BCUT2D eigenvalue weighted by atomic mass is 9.33. The van der Waals surface area contributed by atoms with Gasteiger partial charge in [-0.3, -0.25) is 9.59 Å². The van der Waals surface area contributed by atoms with E-state index in [0.29, 0.717) is 44.0 Å². The second-order valence-electron chi connectivity index (χ2n) is 19.5. The van der Waals surface area contributed by atoms with E-state index in [0.717, 1.165) is 62.7 Å². The fourth-order valence-electron chi connectivity index (χ4n) is 13.2. The summed E-state index contributed by atoms with van der Waals surface area (Å²) in [7, 11) is 0. The summed E-state index contributed by atoms with van der Waals surface area (Å²) in [6, 6.07) is 4.23. The second kappa shape index (κ2) is 13.9. The zero-order valence-corrected chi connectivity index (χ0v) is 33.7. The van der Waals surface area contributed by atoms with Gasteiger partial charge in [-0.25, -0.2) is 9.59 Å². The molecule has 11 nitrogen and oxygen atoms in total. The summed E-state index contributed by atoms with van der Waals surface area (Å²) in [6.07, 6.45) is 14.6. The minimum absolute atomic E-state index is 0.0326. The standard InChI is InChI=1S/C45H59NO10/c1-39(2)17-19-43(38(52)53)20-21-44(27-54-37(51)14-7-28-25-29(47)8-10-32(28)46-35(48)12-13-36(49)50)30(31(43)26-39)9-11-34-41(5)18-22-45(55-23-24-56-45)40(3,4)33(41)15-16-42(34,44)6/h7-10,12-14,25,31,33-34,47H,11,15-24,26-27H2,1-6H3,(H,46,48)(H,49,50)(H,52,53)/b13-12+,14-7+/t31?,33?,34?,41-,42+,43-,44-/m0/s1. The van der Waals surface area contributed by atoms with Crippen LogP contribution >= 0.6 is 0 Å². The van der Waals surface area contributed by atoms with Crippen LogP contribution in [0, 0.1) is 50.2 Å². The van der Waals surface area contributed by atoms with Crippen LogP contribution in [-0.2, 0) is 33.4 Å². The number of rotatable bonds is 8. The molecule has 4 saturated carbocycles. The van der Waals surface area contributed by atoms with Crippen LogP contribution in [0.5, 0.6) is 5.75 Å². The van der Waals surface area contributed by atoms with Crippen molar-refractivity contribution in [2.75, 3.05) is 25.1 Å². The highest BCUT2D eigenvalue weighted by Crippen LogP contribution is 2.77. The number of benzene rings is 1. The van der Waals surface area contributed by atoms with E-state index >= 15 is 0 Å². The number of carboxylic acid groups (broad SMARTS) is 2. The summed E-state index contributed by atoms with van der Waals surface area (Å²) >= 11 is 0. The first-order valence-corrected chi connectivity index (χ1v) is 20.4. The molecule has 1 aromatic rings. The zero-order valence-electron chi connectivity index (χ0n) is 33.7. The summed E-state index contributed by atoms with van der Waals surface area (Å²) in [6.45, 7) is 15.3. The Morgan fingerprint density at radius 2 is 1.59 bits per heavy atom. The fraction of sp³-hybridized carbons (Fsp3) is 0.644. The van der Waals surface area contributed by atoms with E-state index in [-0.39, 0.29) is 51.5 Å². The lowest BCUT2D eigenvalue weighted by Crippen LogP contribution is -2.68. The molecule has 7 atom stereocenters. The maximum absolute atomic E-state index is 13.8. The van der Waals surface area contributed by atoms with E-state index in [2.05, 4.69) is 52.9 Å². The molecule has 0 aromatic heterocycles. The molecule has 4 N–H and O–H groups in total. The molecular weight excluding hydrogens is 714 g/mol. The SMILES string of the molecule is CC1(C)CC[C@]2(C(=O)O)CC[C@]3(COC(=O)/C=C/c4cc(O)ccc4NC(=O)/C=C/C(=O)O)C(=CCC4[C@@]5(C)CCC6(OCCO6)C(C)(C)C5CC[C@]43C)C2C1. The molecule has 6 aliphatic rings. The van der Waals surface area contributed by atoms with Crippen LogP contribution in [0.25, 0.3) is 6.08 Å².